The molecule has 0 aliphatic rings. The molecular formula is C33H27Cl2N3O4S. The van der Waals surface area contributed by atoms with E-state index < -0.39 is 16.0 Å². The summed E-state index contributed by atoms with van der Waals surface area (Å²) < 4.78 is 34.9. The first kappa shape index (κ1) is 30.1. The fourth-order valence-electron chi connectivity index (χ4n) is 4.34. The van der Waals surface area contributed by atoms with Gasteiger partial charge in [-0.05, 0) is 78.7 Å². The van der Waals surface area contributed by atoms with Crippen molar-refractivity contribution in [2.24, 2.45) is 0 Å². The first-order valence-electron chi connectivity index (χ1n) is 13.2. The van der Waals surface area contributed by atoms with Crippen molar-refractivity contribution in [1.82, 2.24) is 9.55 Å². The molecule has 0 atom stereocenters. The van der Waals surface area contributed by atoms with E-state index in [1.807, 2.05) is 60.2 Å². The van der Waals surface area contributed by atoms with Gasteiger partial charge in [-0.25, -0.2) is 18.2 Å². The smallest absolute Gasteiger partial charge is 0.337 e. The van der Waals surface area contributed by atoms with Gasteiger partial charge >= 0.3 is 5.97 Å². The van der Waals surface area contributed by atoms with Crippen LogP contribution in [0.1, 0.15) is 32.9 Å². The molecule has 43 heavy (non-hydrogen) atoms. The van der Waals surface area contributed by atoms with E-state index in [0.29, 0.717) is 39.4 Å². The maximum atomic E-state index is 12.7. The number of carbonyl (C=O) groups is 1. The van der Waals surface area contributed by atoms with E-state index in [1.54, 1.807) is 60.7 Å². The lowest BCUT2D eigenvalue weighted by molar-refractivity contribution is 0.0600. The molecule has 10 heteroatoms. The minimum absolute atomic E-state index is 0.199. The SMILES string of the molecule is COC(=O)c1ccc(Cn2cc(-c3ccc(Cl)cc3Cl)nc2C=Cc2ccc(NS(=O)(=O)c3ccc(C)cc3)cc2)cc1. The number of sulfonamides is 1. The maximum Gasteiger partial charge on any atom is 0.337 e. The monoisotopic (exact) mass is 631 g/mol. The number of methoxy groups -OCH3 is 1. The Morgan fingerprint density at radius 3 is 2.28 bits per heavy atom. The van der Waals surface area contributed by atoms with Gasteiger partial charge in [0.15, 0.2) is 0 Å². The fourth-order valence-corrected chi connectivity index (χ4v) is 5.91. The normalized spacial score (nSPS) is 11.5. The van der Waals surface area contributed by atoms with Gasteiger partial charge in [-0.3, -0.25) is 4.72 Å². The zero-order valence-corrected chi connectivity index (χ0v) is 25.6. The summed E-state index contributed by atoms with van der Waals surface area (Å²) in [7, 11) is -2.35. The quantitative estimate of drug-likeness (QED) is 0.167. The number of carbonyl (C=O) groups excluding carboxylic acids is 1. The van der Waals surface area contributed by atoms with Gasteiger partial charge in [-0.15, -0.1) is 0 Å². The van der Waals surface area contributed by atoms with Crippen molar-refractivity contribution in [1.29, 1.82) is 0 Å². The van der Waals surface area contributed by atoms with Gasteiger partial charge in [0, 0.05) is 29.0 Å². The van der Waals surface area contributed by atoms with Gasteiger partial charge in [0.2, 0.25) is 0 Å². The zero-order chi connectivity index (χ0) is 30.6. The number of nitrogens with one attached hydrogen (secondary N) is 1. The molecule has 5 aromatic rings. The lowest BCUT2D eigenvalue weighted by atomic mass is 10.1. The fraction of sp³-hybridized carbons (Fsp3) is 0.0909. The molecule has 7 nitrogen and oxygen atoms in total. The molecule has 1 aromatic heterocycles. The maximum absolute atomic E-state index is 12.7. The highest BCUT2D eigenvalue weighted by atomic mass is 35.5. The van der Waals surface area contributed by atoms with Gasteiger partial charge in [-0.2, -0.15) is 0 Å². The largest absolute Gasteiger partial charge is 0.465 e. The molecule has 0 aliphatic heterocycles. The highest BCUT2D eigenvalue weighted by molar-refractivity contribution is 7.92. The average molecular weight is 633 g/mol. The van der Waals surface area contributed by atoms with Gasteiger partial charge in [0.25, 0.3) is 10.0 Å². The van der Waals surface area contributed by atoms with Crippen LogP contribution in [0.4, 0.5) is 5.69 Å². The van der Waals surface area contributed by atoms with Crippen molar-refractivity contribution in [3.63, 3.8) is 0 Å². The van der Waals surface area contributed by atoms with Crippen LogP contribution >= 0.6 is 23.2 Å². The number of halogens is 2. The zero-order valence-electron chi connectivity index (χ0n) is 23.3. The molecular weight excluding hydrogens is 605 g/mol. The van der Waals surface area contributed by atoms with Gasteiger partial charge in [-0.1, -0.05) is 71.2 Å². The van der Waals surface area contributed by atoms with Crippen LogP contribution in [0.3, 0.4) is 0 Å². The van der Waals surface area contributed by atoms with Crippen molar-refractivity contribution in [3.8, 4) is 11.3 Å². The molecule has 5 rings (SSSR count). The van der Waals surface area contributed by atoms with Crippen LogP contribution in [0.15, 0.2) is 102 Å². The summed E-state index contributed by atoms with van der Waals surface area (Å²) in [5.41, 5.74) is 5.12. The van der Waals surface area contributed by atoms with E-state index in [1.165, 1.54) is 7.11 Å². The molecule has 0 unspecified atom stereocenters. The second-order valence-electron chi connectivity index (χ2n) is 9.80. The molecule has 4 aromatic carbocycles. The van der Waals surface area contributed by atoms with Crippen LogP contribution in [0.2, 0.25) is 10.0 Å². The third-order valence-electron chi connectivity index (χ3n) is 6.66. The molecule has 0 bridgehead atoms. The number of hydrogen-bond donors (Lipinski definition) is 1. The Balaban J connectivity index is 1.40. The number of hydrogen-bond acceptors (Lipinski definition) is 5. The Labute approximate surface area is 260 Å². The topological polar surface area (TPSA) is 90.3 Å². The summed E-state index contributed by atoms with van der Waals surface area (Å²) in [6, 6.07) is 26.2. The molecule has 0 saturated heterocycles. The Hall–Kier alpha value is -4.37. The number of aromatic nitrogens is 2. The third kappa shape index (κ3) is 7.35. The number of nitrogens with zero attached hydrogens (tertiary/aromatic N) is 2. The molecule has 1 heterocycles. The van der Waals surface area contributed by atoms with Crippen molar-refractivity contribution < 1.29 is 17.9 Å². The molecule has 1 N–H and O–H groups in total. The van der Waals surface area contributed by atoms with E-state index in [-0.39, 0.29) is 4.90 Å². The van der Waals surface area contributed by atoms with Crippen LogP contribution in [0, 0.1) is 6.92 Å². The Morgan fingerprint density at radius 1 is 0.930 bits per heavy atom. The Bertz CT molecular complexity index is 1900. The van der Waals surface area contributed by atoms with Crippen LogP contribution in [0.25, 0.3) is 23.4 Å². The predicted molar refractivity (Wildman–Crippen MR) is 172 cm³/mol. The summed E-state index contributed by atoms with van der Waals surface area (Å²) in [5, 5.41) is 1.02. The van der Waals surface area contributed by atoms with Crippen LogP contribution in [-0.4, -0.2) is 31.0 Å². The number of ether oxygens (including phenoxy) is 1. The standard InChI is InChI=1S/C33H27Cl2N3O4S/c1-22-3-15-28(16-4-22)43(40,41)37-27-13-7-23(8-14-27)9-18-32-36-31(29-17-12-26(34)19-30(29)35)21-38(32)20-24-5-10-25(11-6-24)33(39)42-2/h3-19,21,37H,20H2,1-2H3. The number of benzene rings is 4. The summed E-state index contributed by atoms with van der Waals surface area (Å²) in [4.78, 5) is 16.9. The first-order valence-corrected chi connectivity index (χ1v) is 15.4. The summed E-state index contributed by atoms with van der Waals surface area (Å²) >= 11 is 12.6. The molecule has 0 fully saturated rings. The van der Waals surface area contributed by atoms with Crippen LogP contribution in [0.5, 0.6) is 0 Å². The lowest BCUT2D eigenvalue weighted by Crippen LogP contribution is -2.12. The molecule has 0 radical (unpaired) electrons. The number of esters is 1. The van der Waals surface area contributed by atoms with E-state index in [0.717, 1.165) is 22.3 Å². The summed E-state index contributed by atoms with van der Waals surface area (Å²) in [6.45, 7) is 2.39. The molecule has 0 saturated carbocycles. The van der Waals surface area contributed by atoms with Crippen molar-refractivity contribution in [2.45, 2.75) is 18.4 Å². The average Bonchev–Trinajstić information content (AvgIpc) is 3.38. The second kappa shape index (κ2) is 12.9. The van der Waals surface area contributed by atoms with Gasteiger partial charge < -0.3 is 9.30 Å². The van der Waals surface area contributed by atoms with Crippen molar-refractivity contribution in [3.05, 3.63) is 135 Å². The molecule has 0 aliphatic carbocycles. The van der Waals surface area contributed by atoms with E-state index in [2.05, 4.69) is 4.72 Å². The summed E-state index contributed by atoms with van der Waals surface area (Å²) in [5.74, 6) is 0.272. The van der Waals surface area contributed by atoms with Crippen molar-refractivity contribution in [2.75, 3.05) is 11.8 Å². The number of imidazole rings is 1. The number of rotatable bonds is 9. The summed E-state index contributed by atoms with van der Waals surface area (Å²) in [6.07, 6.45) is 5.68. The minimum atomic E-state index is -3.70. The van der Waals surface area contributed by atoms with E-state index in [9.17, 15) is 13.2 Å². The molecule has 218 valence electrons. The van der Waals surface area contributed by atoms with E-state index in [4.69, 9.17) is 32.9 Å². The van der Waals surface area contributed by atoms with Gasteiger partial charge in [0.05, 0.1) is 28.3 Å². The van der Waals surface area contributed by atoms with E-state index >= 15 is 0 Å². The molecule has 0 amide bonds. The Morgan fingerprint density at radius 2 is 1.63 bits per heavy atom. The number of anilines is 1. The highest BCUT2D eigenvalue weighted by Crippen LogP contribution is 2.30. The third-order valence-corrected chi connectivity index (χ3v) is 8.61. The highest BCUT2D eigenvalue weighted by Gasteiger charge is 2.15. The second-order valence-corrected chi connectivity index (χ2v) is 12.3. The van der Waals surface area contributed by atoms with Crippen LogP contribution in [-0.2, 0) is 21.3 Å². The minimum Gasteiger partial charge on any atom is -0.465 e. The van der Waals surface area contributed by atoms with Gasteiger partial charge in [0.1, 0.15) is 5.82 Å². The lowest BCUT2D eigenvalue weighted by Gasteiger charge is -2.09. The van der Waals surface area contributed by atoms with Crippen LogP contribution < -0.4 is 4.72 Å². The number of aryl methyl sites for hydroxylation is 1. The van der Waals surface area contributed by atoms with Crippen molar-refractivity contribution >= 4 is 57.0 Å². The first-order chi connectivity index (χ1) is 20.6. The Kier molecular flexibility index (Phi) is 9.01. The molecule has 0 spiro atoms. The predicted octanol–water partition coefficient (Wildman–Crippen LogP) is 7.97.